The fraction of sp³-hybridized carbons (Fsp3) is 0.263. The molecule has 4 N–H and O–H groups in total. The molecule has 1 saturated heterocycles. The van der Waals surface area contributed by atoms with Gasteiger partial charge in [0.1, 0.15) is 5.82 Å². The Hall–Kier alpha value is -2.93. The van der Waals surface area contributed by atoms with Crippen LogP contribution >= 0.6 is 0 Å². The van der Waals surface area contributed by atoms with Crippen LogP contribution in [0.3, 0.4) is 0 Å². The number of rotatable bonds is 4. The van der Waals surface area contributed by atoms with Gasteiger partial charge in [0.2, 0.25) is 0 Å². The number of piperazine rings is 1. The zero-order chi connectivity index (χ0) is 18.5. The van der Waals surface area contributed by atoms with Gasteiger partial charge in [-0.05, 0) is 35.4 Å². The molecule has 7 heteroatoms. The molecule has 1 heterocycles. The van der Waals surface area contributed by atoms with Crippen molar-refractivity contribution in [3.05, 3.63) is 71.0 Å². The maximum absolute atomic E-state index is 13.6. The van der Waals surface area contributed by atoms with E-state index in [2.05, 4.69) is 10.6 Å². The van der Waals surface area contributed by atoms with Crippen molar-refractivity contribution in [1.29, 1.82) is 0 Å². The molecule has 1 fully saturated rings. The summed E-state index contributed by atoms with van der Waals surface area (Å²) in [6, 6.07) is 12.6. The highest BCUT2D eigenvalue weighted by molar-refractivity contribution is 5.94. The molecule has 0 aromatic heterocycles. The smallest absolute Gasteiger partial charge is 0.312 e. The Labute approximate surface area is 151 Å². The van der Waals surface area contributed by atoms with Gasteiger partial charge in [-0.15, -0.1) is 0 Å². The molecule has 0 radical (unpaired) electrons. The van der Waals surface area contributed by atoms with Crippen LogP contribution in [-0.2, 0) is 6.54 Å². The highest BCUT2D eigenvalue weighted by Crippen LogP contribution is 2.25. The molecule has 2 aromatic rings. The summed E-state index contributed by atoms with van der Waals surface area (Å²) in [5.74, 6) is -0.415. The molecule has 1 atom stereocenters. The van der Waals surface area contributed by atoms with Gasteiger partial charge < -0.3 is 21.3 Å². The zero-order valence-electron chi connectivity index (χ0n) is 14.2. The van der Waals surface area contributed by atoms with Crippen molar-refractivity contribution in [1.82, 2.24) is 15.5 Å². The van der Waals surface area contributed by atoms with Gasteiger partial charge in [0.15, 0.2) is 0 Å². The Morgan fingerprint density at radius 1 is 1.23 bits per heavy atom. The highest BCUT2D eigenvalue weighted by Gasteiger charge is 2.28. The maximum atomic E-state index is 13.6. The molecule has 6 nitrogen and oxygen atoms in total. The number of primary amides is 1. The Kier molecular flexibility index (Phi) is 5.48. The summed E-state index contributed by atoms with van der Waals surface area (Å²) in [6.07, 6.45) is 0. The highest BCUT2D eigenvalue weighted by atomic mass is 19.1. The fourth-order valence-corrected chi connectivity index (χ4v) is 3.08. The second kappa shape index (κ2) is 7.97. The fourth-order valence-electron chi connectivity index (χ4n) is 3.08. The van der Waals surface area contributed by atoms with E-state index in [9.17, 15) is 14.0 Å². The molecule has 136 valence electrons. The van der Waals surface area contributed by atoms with Crippen LogP contribution in [0.1, 0.15) is 27.5 Å². The third kappa shape index (κ3) is 4.18. The van der Waals surface area contributed by atoms with Crippen LogP contribution in [0.2, 0.25) is 0 Å². The first-order valence-corrected chi connectivity index (χ1v) is 8.44. The average molecular weight is 356 g/mol. The third-order valence-electron chi connectivity index (χ3n) is 4.41. The van der Waals surface area contributed by atoms with Crippen LogP contribution in [0.15, 0.2) is 48.5 Å². The molecule has 3 rings (SSSR count). The average Bonchev–Trinajstić information content (AvgIpc) is 2.66. The zero-order valence-corrected chi connectivity index (χ0v) is 14.2. The van der Waals surface area contributed by atoms with E-state index >= 15 is 0 Å². The van der Waals surface area contributed by atoms with Crippen molar-refractivity contribution < 1.29 is 14.0 Å². The summed E-state index contributed by atoms with van der Waals surface area (Å²) < 4.78 is 13.6. The number of nitrogens with one attached hydrogen (secondary N) is 2. The first-order valence-electron chi connectivity index (χ1n) is 8.44. The van der Waals surface area contributed by atoms with Crippen LogP contribution in [0.5, 0.6) is 0 Å². The minimum absolute atomic E-state index is 0.102. The van der Waals surface area contributed by atoms with Crippen molar-refractivity contribution >= 4 is 11.9 Å². The lowest BCUT2D eigenvalue weighted by atomic mass is 10.0. The number of amides is 3. The van der Waals surface area contributed by atoms with Gasteiger partial charge in [-0.3, -0.25) is 4.79 Å². The summed E-state index contributed by atoms with van der Waals surface area (Å²) in [5.41, 5.74) is 7.23. The molecule has 3 amide bonds. The Balaban J connectivity index is 1.77. The van der Waals surface area contributed by atoms with E-state index in [-0.39, 0.29) is 17.8 Å². The lowest BCUT2D eigenvalue weighted by Crippen LogP contribution is -2.48. The first-order chi connectivity index (χ1) is 12.5. The number of urea groups is 1. The minimum Gasteiger partial charge on any atom is -0.352 e. The number of hydrogen-bond acceptors (Lipinski definition) is 3. The van der Waals surface area contributed by atoms with Crippen molar-refractivity contribution in [2.24, 2.45) is 5.73 Å². The van der Waals surface area contributed by atoms with Crippen LogP contribution in [0.25, 0.3) is 0 Å². The quantitative estimate of drug-likeness (QED) is 0.780. The summed E-state index contributed by atoms with van der Waals surface area (Å²) in [7, 11) is 0. The lowest BCUT2D eigenvalue weighted by Gasteiger charge is -2.36. The SMILES string of the molecule is NC(=O)NCc1ccc(C(=O)N2CCNCC2c2cccc(F)c2)cc1. The Morgan fingerprint density at radius 3 is 2.69 bits per heavy atom. The van der Waals surface area contributed by atoms with Crippen molar-refractivity contribution in [2.75, 3.05) is 19.6 Å². The van der Waals surface area contributed by atoms with E-state index in [1.54, 1.807) is 35.2 Å². The summed E-state index contributed by atoms with van der Waals surface area (Å²) >= 11 is 0. The van der Waals surface area contributed by atoms with Gasteiger partial charge in [0.25, 0.3) is 5.91 Å². The van der Waals surface area contributed by atoms with Gasteiger partial charge in [0.05, 0.1) is 6.04 Å². The maximum Gasteiger partial charge on any atom is 0.312 e. The second-order valence-electron chi connectivity index (χ2n) is 6.19. The van der Waals surface area contributed by atoms with Gasteiger partial charge >= 0.3 is 6.03 Å². The van der Waals surface area contributed by atoms with Gasteiger partial charge in [0, 0.05) is 31.7 Å². The van der Waals surface area contributed by atoms with E-state index in [1.807, 2.05) is 6.07 Å². The number of halogens is 1. The van der Waals surface area contributed by atoms with Crippen LogP contribution < -0.4 is 16.4 Å². The number of nitrogens with zero attached hydrogens (tertiary/aromatic N) is 1. The molecule has 26 heavy (non-hydrogen) atoms. The topological polar surface area (TPSA) is 87.5 Å². The monoisotopic (exact) mass is 356 g/mol. The van der Waals surface area contributed by atoms with Crippen LogP contribution in [-0.4, -0.2) is 36.5 Å². The third-order valence-corrected chi connectivity index (χ3v) is 4.41. The molecule has 0 aliphatic carbocycles. The summed E-state index contributed by atoms with van der Waals surface area (Å²) in [6.45, 7) is 2.13. The standard InChI is InChI=1S/C19H21FN4O2/c20-16-3-1-2-15(10-16)17-12-22-8-9-24(17)18(25)14-6-4-13(5-7-14)11-23-19(21)26/h1-7,10,17,22H,8-9,11-12H2,(H3,21,23,26). The molecule has 1 unspecified atom stereocenters. The normalized spacial score (nSPS) is 17.0. The van der Waals surface area contributed by atoms with Crippen LogP contribution in [0, 0.1) is 5.82 Å². The van der Waals surface area contributed by atoms with Crippen LogP contribution in [0.4, 0.5) is 9.18 Å². The molecule has 0 saturated carbocycles. The first kappa shape index (κ1) is 17.9. The second-order valence-corrected chi connectivity index (χ2v) is 6.19. The lowest BCUT2D eigenvalue weighted by molar-refractivity contribution is 0.0634. The molecule has 0 bridgehead atoms. The number of hydrogen-bond donors (Lipinski definition) is 3. The molecule has 2 aromatic carbocycles. The van der Waals surface area contributed by atoms with E-state index < -0.39 is 6.03 Å². The van der Waals surface area contributed by atoms with E-state index in [1.165, 1.54) is 12.1 Å². The Bertz CT molecular complexity index is 794. The molecular weight excluding hydrogens is 335 g/mol. The predicted molar refractivity (Wildman–Crippen MR) is 95.9 cm³/mol. The molecule has 1 aliphatic rings. The number of carbonyl (C=O) groups is 2. The number of nitrogens with two attached hydrogens (primary N) is 1. The summed E-state index contributed by atoms with van der Waals surface area (Å²) in [4.78, 5) is 25.5. The number of benzene rings is 2. The van der Waals surface area contributed by atoms with Crippen molar-refractivity contribution in [3.63, 3.8) is 0 Å². The van der Waals surface area contributed by atoms with Gasteiger partial charge in [-0.2, -0.15) is 0 Å². The van der Waals surface area contributed by atoms with E-state index in [0.717, 1.165) is 11.1 Å². The molecule has 0 spiro atoms. The van der Waals surface area contributed by atoms with Crippen molar-refractivity contribution in [3.8, 4) is 0 Å². The summed E-state index contributed by atoms with van der Waals surface area (Å²) in [5, 5.41) is 5.76. The molecule has 1 aliphatic heterocycles. The Morgan fingerprint density at radius 2 is 2.00 bits per heavy atom. The van der Waals surface area contributed by atoms with Crippen molar-refractivity contribution in [2.45, 2.75) is 12.6 Å². The minimum atomic E-state index is -0.594. The molecular formula is C19H21FN4O2. The van der Waals surface area contributed by atoms with E-state index in [4.69, 9.17) is 5.73 Å². The predicted octanol–water partition coefficient (Wildman–Crippen LogP) is 1.78. The largest absolute Gasteiger partial charge is 0.352 e. The van der Waals surface area contributed by atoms with Gasteiger partial charge in [-0.25, -0.2) is 9.18 Å². The number of carbonyl (C=O) groups excluding carboxylic acids is 2. The van der Waals surface area contributed by atoms with E-state index in [0.29, 0.717) is 31.7 Å². The van der Waals surface area contributed by atoms with Gasteiger partial charge in [-0.1, -0.05) is 24.3 Å².